The second-order valence-corrected chi connectivity index (χ2v) is 6.82. The summed E-state index contributed by atoms with van der Waals surface area (Å²) in [7, 11) is 0. The Morgan fingerprint density at radius 2 is 2.09 bits per heavy atom. The number of likely N-dealkylation sites (tertiary alicyclic amines) is 1. The zero-order valence-corrected chi connectivity index (χ0v) is 13.5. The lowest BCUT2D eigenvalue weighted by Crippen LogP contribution is -2.40. The summed E-state index contributed by atoms with van der Waals surface area (Å²) in [5.41, 5.74) is 0.399. The Hall–Kier alpha value is -1.10. The highest BCUT2D eigenvalue weighted by Crippen LogP contribution is 2.26. The van der Waals surface area contributed by atoms with Gasteiger partial charge >= 0.3 is 0 Å². The molecule has 2 fully saturated rings. The Bertz CT molecular complexity index is 487. The molecule has 2 heterocycles. The number of hydrogen-bond acceptors (Lipinski definition) is 4. The summed E-state index contributed by atoms with van der Waals surface area (Å²) in [6.45, 7) is 6.95. The summed E-state index contributed by atoms with van der Waals surface area (Å²) in [6.07, 6.45) is 3.09. The van der Waals surface area contributed by atoms with E-state index in [-0.39, 0.29) is 0 Å². The molecular weight excluding hydrogens is 278 g/mol. The van der Waals surface area contributed by atoms with Crippen LogP contribution in [0, 0.1) is 12.8 Å². The summed E-state index contributed by atoms with van der Waals surface area (Å²) in [5.74, 6) is 1.59. The Morgan fingerprint density at radius 3 is 2.86 bits per heavy atom. The molecule has 122 valence electrons. The van der Waals surface area contributed by atoms with E-state index in [1.165, 1.54) is 0 Å². The molecule has 0 saturated carbocycles. The van der Waals surface area contributed by atoms with Crippen LogP contribution in [0.1, 0.15) is 24.8 Å². The first-order valence-corrected chi connectivity index (χ1v) is 8.36. The highest BCUT2D eigenvalue weighted by Gasteiger charge is 2.37. The molecule has 2 aliphatic rings. The second-order valence-electron chi connectivity index (χ2n) is 6.82. The monoisotopic (exact) mass is 305 g/mol. The Kier molecular flexibility index (Phi) is 5.01. The zero-order chi connectivity index (χ0) is 15.4. The smallest absolute Gasteiger partial charge is 0.122 e. The van der Waals surface area contributed by atoms with Crippen LogP contribution in [0.2, 0.25) is 0 Å². The summed E-state index contributed by atoms with van der Waals surface area (Å²) < 4.78 is 11.3. The van der Waals surface area contributed by atoms with E-state index in [0.29, 0.717) is 12.5 Å². The normalized spacial score (nSPS) is 27.2. The zero-order valence-electron chi connectivity index (χ0n) is 13.5. The van der Waals surface area contributed by atoms with Gasteiger partial charge in [0.25, 0.3) is 0 Å². The van der Waals surface area contributed by atoms with Crippen LogP contribution in [0.5, 0.6) is 5.75 Å². The Balaban J connectivity index is 1.48. The summed E-state index contributed by atoms with van der Waals surface area (Å²) in [6, 6.07) is 7.97. The molecule has 0 spiro atoms. The summed E-state index contributed by atoms with van der Waals surface area (Å²) in [5, 5.41) is 10.8. The molecule has 0 amide bonds. The SMILES string of the molecule is Cc1ccccc1OC[C@@]1(O)CCN(CC2CCOCC2)C1. The summed E-state index contributed by atoms with van der Waals surface area (Å²) in [4.78, 5) is 2.39. The molecule has 2 aliphatic heterocycles. The van der Waals surface area contributed by atoms with Crippen molar-refractivity contribution in [2.24, 2.45) is 5.92 Å². The van der Waals surface area contributed by atoms with Crippen LogP contribution in [0.25, 0.3) is 0 Å². The lowest BCUT2D eigenvalue weighted by atomic mass is 10.00. The number of aryl methyl sites for hydroxylation is 1. The van der Waals surface area contributed by atoms with E-state index < -0.39 is 5.60 Å². The van der Waals surface area contributed by atoms with Gasteiger partial charge in [0.05, 0.1) is 0 Å². The van der Waals surface area contributed by atoms with Crippen molar-refractivity contribution in [3.63, 3.8) is 0 Å². The first-order valence-electron chi connectivity index (χ1n) is 8.36. The van der Waals surface area contributed by atoms with Crippen molar-refractivity contribution in [1.29, 1.82) is 0 Å². The largest absolute Gasteiger partial charge is 0.490 e. The molecule has 2 saturated heterocycles. The van der Waals surface area contributed by atoms with E-state index in [4.69, 9.17) is 9.47 Å². The van der Waals surface area contributed by atoms with Gasteiger partial charge in [0, 0.05) is 32.8 Å². The van der Waals surface area contributed by atoms with Crippen molar-refractivity contribution in [3.05, 3.63) is 29.8 Å². The van der Waals surface area contributed by atoms with Gasteiger partial charge in [0.2, 0.25) is 0 Å². The van der Waals surface area contributed by atoms with E-state index in [1.54, 1.807) is 0 Å². The van der Waals surface area contributed by atoms with Crippen LogP contribution in [0.4, 0.5) is 0 Å². The molecule has 22 heavy (non-hydrogen) atoms. The molecule has 3 rings (SSSR count). The maximum Gasteiger partial charge on any atom is 0.122 e. The van der Waals surface area contributed by atoms with Crippen molar-refractivity contribution in [2.45, 2.75) is 31.8 Å². The minimum atomic E-state index is -0.715. The number of para-hydroxylation sites is 1. The number of β-amino-alcohol motifs (C(OH)–C–C–N with tert-alkyl or cyclic N) is 1. The molecule has 1 aromatic rings. The molecule has 1 aromatic carbocycles. The van der Waals surface area contributed by atoms with Gasteiger partial charge in [0.15, 0.2) is 0 Å². The van der Waals surface area contributed by atoms with Gasteiger partial charge in [-0.25, -0.2) is 0 Å². The van der Waals surface area contributed by atoms with Crippen LogP contribution < -0.4 is 4.74 Å². The fourth-order valence-corrected chi connectivity index (χ4v) is 3.44. The molecule has 4 heteroatoms. The predicted molar refractivity (Wildman–Crippen MR) is 86.2 cm³/mol. The molecule has 0 aromatic heterocycles. The van der Waals surface area contributed by atoms with Gasteiger partial charge in [-0.1, -0.05) is 18.2 Å². The lowest BCUT2D eigenvalue weighted by molar-refractivity contribution is -0.000160. The predicted octanol–water partition coefficient (Wildman–Crippen LogP) is 2.24. The molecule has 1 atom stereocenters. The topological polar surface area (TPSA) is 41.9 Å². The number of ether oxygens (including phenoxy) is 2. The van der Waals surface area contributed by atoms with Crippen LogP contribution >= 0.6 is 0 Å². The average molecular weight is 305 g/mol. The molecule has 0 bridgehead atoms. The maximum atomic E-state index is 10.8. The van der Waals surface area contributed by atoms with Crippen molar-refractivity contribution in [1.82, 2.24) is 4.90 Å². The van der Waals surface area contributed by atoms with Crippen molar-refractivity contribution in [2.75, 3.05) is 39.5 Å². The number of nitrogens with zero attached hydrogens (tertiary/aromatic N) is 1. The third kappa shape index (κ3) is 4.00. The number of rotatable bonds is 5. The highest BCUT2D eigenvalue weighted by molar-refractivity contribution is 5.31. The van der Waals surface area contributed by atoms with Gasteiger partial charge in [0.1, 0.15) is 18.0 Å². The maximum absolute atomic E-state index is 10.8. The van der Waals surface area contributed by atoms with E-state index in [9.17, 15) is 5.11 Å². The van der Waals surface area contributed by atoms with Gasteiger partial charge in [-0.15, -0.1) is 0 Å². The quantitative estimate of drug-likeness (QED) is 0.906. The van der Waals surface area contributed by atoms with Crippen LogP contribution in [-0.2, 0) is 4.74 Å². The van der Waals surface area contributed by atoms with E-state index >= 15 is 0 Å². The van der Waals surface area contributed by atoms with E-state index in [1.807, 2.05) is 31.2 Å². The van der Waals surface area contributed by atoms with Gasteiger partial charge in [-0.2, -0.15) is 0 Å². The molecule has 0 radical (unpaired) electrons. The minimum absolute atomic E-state index is 0.377. The van der Waals surface area contributed by atoms with Gasteiger partial charge in [-0.3, -0.25) is 4.90 Å². The third-order valence-corrected chi connectivity index (χ3v) is 4.86. The third-order valence-electron chi connectivity index (χ3n) is 4.86. The molecule has 4 nitrogen and oxygen atoms in total. The Morgan fingerprint density at radius 1 is 1.32 bits per heavy atom. The highest BCUT2D eigenvalue weighted by atomic mass is 16.5. The fraction of sp³-hybridized carbons (Fsp3) is 0.667. The van der Waals surface area contributed by atoms with E-state index in [2.05, 4.69) is 4.90 Å². The molecule has 0 unspecified atom stereocenters. The van der Waals surface area contributed by atoms with Crippen LogP contribution in [0.15, 0.2) is 24.3 Å². The first kappa shape index (κ1) is 15.8. The number of benzene rings is 1. The first-order chi connectivity index (χ1) is 10.6. The molecule has 1 N–H and O–H groups in total. The fourth-order valence-electron chi connectivity index (χ4n) is 3.44. The summed E-state index contributed by atoms with van der Waals surface area (Å²) >= 11 is 0. The van der Waals surface area contributed by atoms with Crippen LogP contribution in [-0.4, -0.2) is 55.1 Å². The minimum Gasteiger partial charge on any atom is -0.490 e. The molecular formula is C18H27NO3. The number of aliphatic hydroxyl groups is 1. The number of hydrogen-bond donors (Lipinski definition) is 1. The second kappa shape index (κ2) is 6.99. The lowest BCUT2D eigenvalue weighted by Gasteiger charge is -2.28. The van der Waals surface area contributed by atoms with Gasteiger partial charge in [-0.05, 0) is 43.7 Å². The molecule has 0 aliphatic carbocycles. The standard InChI is InChI=1S/C18H27NO3/c1-15-4-2-3-5-17(15)22-14-18(20)8-9-19(13-18)12-16-6-10-21-11-7-16/h2-5,16,20H,6-14H2,1H3/t18-/m1/s1. The van der Waals surface area contributed by atoms with Crippen molar-refractivity contribution >= 4 is 0 Å². The van der Waals surface area contributed by atoms with Crippen LogP contribution in [0.3, 0.4) is 0 Å². The van der Waals surface area contributed by atoms with Crippen molar-refractivity contribution < 1.29 is 14.6 Å². The Labute approximate surface area is 133 Å². The van der Waals surface area contributed by atoms with Crippen molar-refractivity contribution in [3.8, 4) is 5.75 Å². The average Bonchev–Trinajstić information content (AvgIpc) is 2.89. The van der Waals surface area contributed by atoms with Gasteiger partial charge < -0.3 is 14.6 Å². The van der Waals surface area contributed by atoms with E-state index in [0.717, 1.165) is 63.4 Å².